The van der Waals surface area contributed by atoms with Crippen molar-refractivity contribution in [1.29, 1.82) is 0 Å². The van der Waals surface area contributed by atoms with Gasteiger partial charge in [-0.1, -0.05) is 51.4 Å². The van der Waals surface area contributed by atoms with Gasteiger partial charge >= 0.3 is 5.97 Å². The Morgan fingerprint density at radius 3 is 1.80 bits per heavy atom. The molecular formula is C20H31NO3S. The number of amides is 1. The van der Waals surface area contributed by atoms with Gasteiger partial charge in [0.2, 0.25) is 0 Å². The summed E-state index contributed by atoms with van der Waals surface area (Å²) in [4.78, 5) is 23.1. The summed E-state index contributed by atoms with van der Waals surface area (Å²) < 4.78 is 0. The van der Waals surface area contributed by atoms with Gasteiger partial charge in [-0.2, -0.15) is 0 Å². The number of aliphatic carboxylic acids is 1. The lowest BCUT2D eigenvalue weighted by atomic mass is 10.1. The molecule has 5 heteroatoms. The molecule has 0 saturated heterocycles. The number of hydrogen-bond donors (Lipinski definition) is 3. The highest BCUT2D eigenvalue weighted by Gasteiger charge is 2.03. The molecule has 1 amide bonds. The first-order valence-corrected chi connectivity index (χ1v) is 9.83. The Kier molecular flexibility index (Phi) is 11.9. The molecule has 0 saturated carbocycles. The minimum Gasteiger partial charge on any atom is -0.481 e. The zero-order valence-electron chi connectivity index (χ0n) is 15.0. The third-order valence-electron chi connectivity index (χ3n) is 4.23. The van der Waals surface area contributed by atoms with Crippen molar-refractivity contribution < 1.29 is 14.7 Å². The van der Waals surface area contributed by atoms with Gasteiger partial charge in [0.25, 0.3) is 5.91 Å². The molecule has 0 aliphatic heterocycles. The summed E-state index contributed by atoms with van der Waals surface area (Å²) in [5.41, 5.74) is 0.682. The van der Waals surface area contributed by atoms with Crippen molar-refractivity contribution >= 4 is 24.5 Å². The van der Waals surface area contributed by atoms with Crippen LogP contribution in [0.5, 0.6) is 0 Å². The highest BCUT2D eigenvalue weighted by molar-refractivity contribution is 7.80. The lowest BCUT2D eigenvalue weighted by molar-refractivity contribution is -0.137. The molecule has 0 bridgehead atoms. The fourth-order valence-electron chi connectivity index (χ4n) is 2.73. The molecule has 25 heavy (non-hydrogen) atoms. The van der Waals surface area contributed by atoms with Crippen LogP contribution in [0.15, 0.2) is 29.2 Å². The van der Waals surface area contributed by atoms with Crippen LogP contribution in [-0.4, -0.2) is 23.5 Å². The van der Waals surface area contributed by atoms with Gasteiger partial charge in [0.1, 0.15) is 0 Å². The Labute approximate surface area is 156 Å². The topological polar surface area (TPSA) is 66.4 Å². The molecule has 0 atom stereocenters. The van der Waals surface area contributed by atoms with Crippen LogP contribution in [0.3, 0.4) is 0 Å². The number of carbonyl (C=O) groups is 2. The van der Waals surface area contributed by atoms with Gasteiger partial charge in [0.05, 0.1) is 0 Å². The van der Waals surface area contributed by atoms with Crippen LogP contribution in [-0.2, 0) is 4.79 Å². The molecule has 1 aromatic rings. The van der Waals surface area contributed by atoms with Crippen LogP contribution in [0.4, 0.5) is 0 Å². The van der Waals surface area contributed by atoms with Gasteiger partial charge in [-0.05, 0) is 37.1 Å². The number of hydrogen-bond acceptors (Lipinski definition) is 3. The number of benzene rings is 1. The highest BCUT2D eigenvalue weighted by atomic mass is 32.1. The minimum atomic E-state index is -0.688. The van der Waals surface area contributed by atoms with Gasteiger partial charge in [0, 0.05) is 23.4 Å². The van der Waals surface area contributed by atoms with Crippen LogP contribution in [0.1, 0.15) is 81.0 Å². The Balaban J connectivity index is 1.86. The second-order valence-corrected chi connectivity index (χ2v) is 7.00. The van der Waals surface area contributed by atoms with E-state index in [9.17, 15) is 9.59 Å². The summed E-state index contributed by atoms with van der Waals surface area (Å²) in [7, 11) is 0. The fourth-order valence-corrected chi connectivity index (χ4v) is 2.88. The van der Waals surface area contributed by atoms with Crippen LogP contribution in [0, 0.1) is 0 Å². The van der Waals surface area contributed by atoms with Gasteiger partial charge in [0.15, 0.2) is 0 Å². The predicted octanol–water partition coefficient (Wildman–Crippen LogP) is 5.08. The molecule has 0 heterocycles. The molecule has 0 aliphatic rings. The SMILES string of the molecule is O=C(O)CCCCCCCCCCCCNC(=O)c1ccc(S)cc1. The van der Waals surface area contributed by atoms with Crippen molar-refractivity contribution in [2.24, 2.45) is 0 Å². The maximum atomic E-state index is 11.9. The van der Waals surface area contributed by atoms with E-state index in [1.54, 1.807) is 12.1 Å². The van der Waals surface area contributed by atoms with Gasteiger partial charge in [-0.15, -0.1) is 12.6 Å². The first-order valence-electron chi connectivity index (χ1n) is 9.38. The average Bonchev–Trinajstić information content (AvgIpc) is 2.59. The fraction of sp³-hybridized carbons (Fsp3) is 0.600. The maximum absolute atomic E-state index is 11.9. The van der Waals surface area contributed by atoms with E-state index in [0.717, 1.165) is 43.5 Å². The Hall–Kier alpha value is -1.49. The van der Waals surface area contributed by atoms with Crippen molar-refractivity contribution in [3.63, 3.8) is 0 Å². The van der Waals surface area contributed by atoms with Gasteiger partial charge < -0.3 is 10.4 Å². The maximum Gasteiger partial charge on any atom is 0.303 e. The van der Waals surface area contributed by atoms with Crippen molar-refractivity contribution in [3.8, 4) is 0 Å². The van der Waals surface area contributed by atoms with E-state index in [1.165, 1.54) is 32.1 Å². The quantitative estimate of drug-likeness (QED) is 0.318. The number of unbranched alkanes of at least 4 members (excludes halogenated alkanes) is 9. The summed E-state index contributed by atoms with van der Waals surface area (Å²) in [6.45, 7) is 0.727. The zero-order valence-corrected chi connectivity index (χ0v) is 15.9. The first kappa shape index (κ1) is 21.6. The number of rotatable bonds is 14. The van der Waals surface area contributed by atoms with E-state index in [1.807, 2.05) is 12.1 Å². The predicted molar refractivity (Wildman–Crippen MR) is 104 cm³/mol. The van der Waals surface area contributed by atoms with E-state index in [2.05, 4.69) is 17.9 Å². The zero-order chi connectivity index (χ0) is 18.3. The molecule has 2 N–H and O–H groups in total. The van der Waals surface area contributed by atoms with E-state index in [0.29, 0.717) is 12.0 Å². The van der Waals surface area contributed by atoms with E-state index in [4.69, 9.17) is 5.11 Å². The number of carbonyl (C=O) groups excluding carboxylic acids is 1. The van der Waals surface area contributed by atoms with E-state index in [-0.39, 0.29) is 5.91 Å². The summed E-state index contributed by atoms with van der Waals surface area (Å²) in [6, 6.07) is 7.23. The summed E-state index contributed by atoms with van der Waals surface area (Å²) >= 11 is 4.21. The molecule has 140 valence electrons. The molecule has 1 aromatic carbocycles. The Bertz CT molecular complexity index is 502. The number of carboxylic acid groups (broad SMARTS) is 1. The second-order valence-electron chi connectivity index (χ2n) is 6.48. The highest BCUT2D eigenvalue weighted by Crippen LogP contribution is 2.11. The van der Waals surface area contributed by atoms with Crippen LogP contribution >= 0.6 is 12.6 Å². The largest absolute Gasteiger partial charge is 0.481 e. The van der Waals surface area contributed by atoms with Gasteiger partial charge in [-0.3, -0.25) is 9.59 Å². The molecule has 0 aliphatic carbocycles. The second kappa shape index (κ2) is 13.8. The van der Waals surface area contributed by atoms with Crippen molar-refractivity contribution in [2.45, 2.75) is 75.5 Å². The summed E-state index contributed by atoms with van der Waals surface area (Å²) in [6.07, 6.45) is 11.6. The molecule has 0 radical (unpaired) electrons. The normalized spacial score (nSPS) is 10.6. The molecular weight excluding hydrogens is 334 g/mol. The third-order valence-corrected chi connectivity index (χ3v) is 4.53. The summed E-state index contributed by atoms with van der Waals surface area (Å²) in [5, 5.41) is 11.5. The monoisotopic (exact) mass is 365 g/mol. The smallest absolute Gasteiger partial charge is 0.303 e. The lowest BCUT2D eigenvalue weighted by Gasteiger charge is -2.06. The molecule has 0 aromatic heterocycles. The van der Waals surface area contributed by atoms with E-state index < -0.39 is 5.97 Å². The average molecular weight is 366 g/mol. The number of carboxylic acids is 1. The van der Waals surface area contributed by atoms with Crippen LogP contribution < -0.4 is 5.32 Å². The summed E-state index contributed by atoms with van der Waals surface area (Å²) in [5.74, 6) is -0.706. The van der Waals surface area contributed by atoms with Crippen molar-refractivity contribution in [1.82, 2.24) is 5.32 Å². The molecule has 0 fully saturated rings. The lowest BCUT2D eigenvalue weighted by Crippen LogP contribution is -2.24. The molecule has 1 rings (SSSR count). The molecule has 4 nitrogen and oxygen atoms in total. The van der Waals surface area contributed by atoms with Crippen molar-refractivity contribution in [3.05, 3.63) is 29.8 Å². The third kappa shape index (κ3) is 11.6. The van der Waals surface area contributed by atoms with E-state index >= 15 is 0 Å². The number of nitrogens with one attached hydrogen (secondary N) is 1. The molecule has 0 unspecified atom stereocenters. The minimum absolute atomic E-state index is 0.0174. The van der Waals surface area contributed by atoms with Crippen LogP contribution in [0.25, 0.3) is 0 Å². The Morgan fingerprint density at radius 1 is 0.800 bits per heavy atom. The van der Waals surface area contributed by atoms with Crippen LogP contribution in [0.2, 0.25) is 0 Å². The number of thiol groups is 1. The van der Waals surface area contributed by atoms with Gasteiger partial charge in [-0.25, -0.2) is 0 Å². The molecule has 0 spiro atoms. The Morgan fingerprint density at radius 2 is 1.28 bits per heavy atom. The standard InChI is InChI=1S/C20H31NO3S/c22-19(23)11-9-7-5-3-1-2-4-6-8-10-16-21-20(24)17-12-14-18(25)15-13-17/h12-15,25H,1-11,16H2,(H,21,24)(H,22,23). The van der Waals surface area contributed by atoms with Crippen molar-refractivity contribution in [2.75, 3.05) is 6.54 Å². The first-order chi connectivity index (χ1) is 12.1.